The molecule has 0 aromatic heterocycles. The Morgan fingerprint density at radius 1 is 1.42 bits per heavy atom. The van der Waals surface area contributed by atoms with E-state index in [4.69, 9.17) is 9.47 Å². The first-order chi connectivity index (χ1) is 11.3. The van der Waals surface area contributed by atoms with Crippen molar-refractivity contribution in [1.82, 2.24) is 10.2 Å². The molecule has 1 heterocycles. The third-order valence-electron chi connectivity index (χ3n) is 3.70. The van der Waals surface area contributed by atoms with E-state index in [0.717, 1.165) is 38.2 Å². The van der Waals surface area contributed by atoms with Crippen molar-refractivity contribution in [2.24, 2.45) is 0 Å². The minimum atomic E-state index is -0.459. The molecule has 6 heteroatoms. The molecule has 1 amide bonds. The molecule has 1 fully saturated rings. The summed E-state index contributed by atoms with van der Waals surface area (Å²) in [6, 6.07) is 8.20. The van der Waals surface area contributed by atoms with E-state index < -0.39 is 5.60 Å². The van der Waals surface area contributed by atoms with Gasteiger partial charge in [0.15, 0.2) is 0 Å². The van der Waals surface area contributed by atoms with Crippen LogP contribution >= 0.6 is 22.6 Å². The fourth-order valence-electron chi connectivity index (χ4n) is 2.70. The van der Waals surface area contributed by atoms with Gasteiger partial charge in [0.05, 0.1) is 0 Å². The molecule has 1 aliphatic heterocycles. The highest BCUT2D eigenvalue weighted by Gasteiger charge is 2.24. The highest BCUT2D eigenvalue weighted by atomic mass is 127. The summed E-state index contributed by atoms with van der Waals surface area (Å²) in [5.41, 5.74) is -0.459. The van der Waals surface area contributed by atoms with Crippen LogP contribution < -0.4 is 10.1 Å². The van der Waals surface area contributed by atoms with Crippen LogP contribution in [0.3, 0.4) is 0 Å². The minimum Gasteiger partial charge on any atom is -0.492 e. The molecular formula is C18H27IN2O3. The largest absolute Gasteiger partial charge is 0.492 e. The Labute approximate surface area is 158 Å². The predicted molar refractivity (Wildman–Crippen MR) is 103 cm³/mol. The number of hydrogen-bond donors (Lipinski definition) is 1. The Balaban J connectivity index is 1.72. The Kier molecular flexibility index (Phi) is 7.16. The summed E-state index contributed by atoms with van der Waals surface area (Å²) < 4.78 is 12.3. The van der Waals surface area contributed by atoms with E-state index in [0.29, 0.717) is 6.61 Å². The third-order valence-corrected chi connectivity index (χ3v) is 4.37. The molecule has 0 spiro atoms. The maximum atomic E-state index is 11.9. The summed E-state index contributed by atoms with van der Waals surface area (Å²) in [6.07, 6.45) is 1.74. The summed E-state index contributed by atoms with van der Waals surface area (Å²) in [6.45, 7) is 9.03. The van der Waals surface area contributed by atoms with Gasteiger partial charge in [-0.25, -0.2) is 4.79 Å². The van der Waals surface area contributed by atoms with E-state index in [1.165, 1.54) is 3.57 Å². The van der Waals surface area contributed by atoms with Crippen LogP contribution in [0, 0.1) is 3.57 Å². The molecule has 1 atom stereocenters. The van der Waals surface area contributed by atoms with Gasteiger partial charge < -0.3 is 14.8 Å². The zero-order valence-corrected chi connectivity index (χ0v) is 16.8. The van der Waals surface area contributed by atoms with Crippen molar-refractivity contribution < 1.29 is 14.3 Å². The number of carbonyl (C=O) groups is 1. The van der Waals surface area contributed by atoms with E-state index in [2.05, 4.69) is 32.8 Å². The normalized spacial score (nSPS) is 18.9. The Morgan fingerprint density at radius 2 is 2.21 bits per heavy atom. The summed E-state index contributed by atoms with van der Waals surface area (Å²) in [7, 11) is 0. The van der Waals surface area contributed by atoms with Crippen molar-refractivity contribution in [2.75, 3.05) is 26.2 Å². The van der Waals surface area contributed by atoms with E-state index in [9.17, 15) is 4.79 Å². The molecule has 5 nitrogen and oxygen atoms in total. The number of ether oxygens (including phenoxy) is 2. The monoisotopic (exact) mass is 446 g/mol. The van der Waals surface area contributed by atoms with Crippen molar-refractivity contribution in [2.45, 2.75) is 45.3 Å². The fraction of sp³-hybridized carbons (Fsp3) is 0.611. The minimum absolute atomic E-state index is 0.145. The summed E-state index contributed by atoms with van der Waals surface area (Å²) >= 11 is 2.28. The van der Waals surface area contributed by atoms with Crippen molar-refractivity contribution in [3.05, 3.63) is 27.8 Å². The molecule has 1 aromatic rings. The number of amides is 1. The average molecular weight is 446 g/mol. The lowest BCUT2D eigenvalue weighted by atomic mass is 10.1. The van der Waals surface area contributed by atoms with Gasteiger partial charge in [0, 0.05) is 22.7 Å². The SMILES string of the molecule is CC(C)(C)OC(=O)N[C@H]1CCCN(CCOc2cccc(I)c2)C1. The van der Waals surface area contributed by atoms with Crippen LogP contribution in [0.1, 0.15) is 33.6 Å². The zero-order valence-electron chi connectivity index (χ0n) is 14.7. The lowest BCUT2D eigenvalue weighted by Gasteiger charge is -2.33. The maximum absolute atomic E-state index is 11.9. The highest BCUT2D eigenvalue weighted by Crippen LogP contribution is 2.15. The molecule has 0 unspecified atom stereocenters. The Morgan fingerprint density at radius 3 is 2.92 bits per heavy atom. The lowest BCUT2D eigenvalue weighted by Crippen LogP contribution is -2.49. The molecule has 1 aromatic carbocycles. The van der Waals surface area contributed by atoms with Crippen molar-refractivity contribution >= 4 is 28.7 Å². The number of piperidine rings is 1. The standard InChI is InChI=1S/C18H27IN2O3/c1-18(2,3)24-17(22)20-15-7-5-9-21(13-15)10-11-23-16-8-4-6-14(19)12-16/h4,6,8,12,15H,5,7,9-11,13H2,1-3H3,(H,20,22)/t15-/m0/s1. The van der Waals surface area contributed by atoms with Gasteiger partial charge in [-0.15, -0.1) is 0 Å². The van der Waals surface area contributed by atoms with Crippen molar-refractivity contribution in [3.63, 3.8) is 0 Å². The number of benzene rings is 1. The number of hydrogen-bond acceptors (Lipinski definition) is 4. The van der Waals surface area contributed by atoms with Gasteiger partial charge in [0.2, 0.25) is 0 Å². The fourth-order valence-corrected chi connectivity index (χ4v) is 3.21. The van der Waals surface area contributed by atoms with Gasteiger partial charge in [-0.1, -0.05) is 6.07 Å². The van der Waals surface area contributed by atoms with E-state index in [-0.39, 0.29) is 12.1 Å². The molecule has 1 aliphatic rings. The van der Waals surface area contributed by atoms with Gasteiger partial charge in [-0.2, -0.15) is 0 Å². The Bertz CT molecular complexity index is 545. The molecule has 0 aliphatic carbocycles. The van der Waals surface area contributed by atoms with Crippen LogP contribution in [-0.2, 0) is 4.74 Å². The number of rotatable bonds is 5. The topological polar surface area (TPSA) is 50.8 Å². The van der Waals surface area contributed by atoms with Gasteiger partial charge >= 0.3 is 6.09 Å². The van der Waals surface area contributed by atoms with Crippen molar-refractivity contribution in [1.29, 1.82) is 0 Å². The van der Waals surface area contributed by atoms with E-state index in [1.807, 2.05) is 45.0 Å². The first-order valence-electron chi connectivity index (χ1n) is 8.42. The van der Waals surface area contributed by atoms with Crippen LogP contribution in [0.5, 0.6) is 5.75 Å². The Hall–Kier alpha value is -1.02. The second-order valence-corrected chi connectivity index (χ2v) is 8.34. The van der Waals surface area contributed by atoms with Gasteiger partial charge in [-0.05, 0) is 80.9 Å². The molecule has 0 bridgehead atoms. The summed E-state index contributed by atoms with van der Waals surface area (Å²) in [5.74, 6) is 0.905. The zero-order chi connectivity index (χ0) is 17.6. The molecule has 1 saturated heterocycles. The van der Waals surface area contributed by atoms with Crippen LogP contribution in [0.2, 0.25) is 0 Å². The number of nitrogens with zero attached hydrogens (tertiary/aromatic N) is 1. The molecule has 2 rings (SSSR count). The first-order valence-corrected chi connectivity index (χ1v) is 9.50. The number of alkyl carbamates (subject to hydrolysis) is 1. The third kappa shape index (κ3) is 7.25. The van der Waals surface area contributed by atoms with Crippen LogP contribution in [0.15, 0.2) is 24.3 Å². The van der Waals surface area contributed by atoms with Gasteiger partial charge in [0.25, 0.3) is 0 Å². The average Bonchev–Trinajstić information content (AvgIpc) is 2.45. The van der Waals surface area contributed by atoms with Crippen LogP contribution in [-0.4, -0.2) is 48.9 Å². The molecule has 0 radical (unpaired) electrons. The van der Waals surface area contributed by atoms with Crippen molar-refractivity contribution in [3.8, 4) is 5.75 Å². The molecule has 24 heavy (non-hydrogen) atoms. The number of nitrogens with one attached hydrogen (secondary N) is 1. The smallest absolute Gasteiger partial charge is 0.407 e. The highest BCUT2D eigenvalue weighted by molar-refractivity contribution is 14.1. The van der Waals surface area contributed by atoms with Crippen LogP contribution in [0.25, 0.3) is 0 Å². The maximum Gasteiger partial charge on any atom is 0.407 e. The molecule has 134 valence electrons. The van der Waals surface area contributed by atoms with Gasteiger partial charge in [-0.3, -0.25) is 4.90 Å². The van der Waals surface area contributed by atoms with Gasteiger partial charge in [0.1, 0.15) is 18.0 Å². The number of halogens is 1. The molecule has 1 N–H and O–H groups in total. The second-order valence-electron chi connectivity index (χ2n) is 7.09. The molecular weight excluding hydrogens is 419 g/mol. The van der Waals surface area contributed by atoms with E-state index >= 15 is 0 Å². The second kappa shape index (κ2) is 8.89. The number of likely N-dealkylation sites (tertiary alicyclic amines) is 1. The quantitative estimate of drug-likeness (QED) is 0.702. The summed E-state index contributed by atoms with van der Waals surface area (Å²) in [5, 5.41) is 2.98. The first kappa shape index (κ1) is 19.3. The lowest BCUT2D eigenvalue weighted by molar-refractivity contribution is 0.0469. The van der Waals surface area contributed by atoms with E-state index in [1.54, 1.807) is 0 Å². The predicted octanol–water partition coefficient (Wildman–Crippen LogP) is 3.66. The molecule has 0 saturated carbocycles. The number of carbonyl (C=O) groups excluding carboxylic acids is 1. The summed E-state index contributed by atoms with van der Waals surface area (Å²) in [4.78, 5) is 14.2. The van der Waals surface area contributed by atoms with Crippen LogP contribution in [0.4, 0.5) is 4.79 Å².